The molecule has 0 fully saturated rings. The maximum Gasteiger partial charge on any atom is 0.262 e. The van der Waals surface area contributed by atoms with E-state index < -0.39 is 6.04 Å². The number of aromatic nitrogens is 1. The van der Waals surface area contributed by atoms with E-state index in [1.807, 2.05) is 71.4 Å². The number of carbonyl (C=O) groups excluding carboxylic acids is 2. The number of amides is 2. The molecule has 2 aromatic heterocycles. The van der Waals surface area contributed by atoms with Gasteiger partial charge in [0.15, 0.2) is 5.13 Å². The van der Waals surface area contributed by atoms with Crippen LogP contribution in [0.25, 0.3) is 11.3 Å². The van der Waals surface area contributed by atoms with Crippen LogP contribution in [-0.4, -0.2) is 29.9 Å². The molecule has 4 aromatic rings. The van der Waals surface area contributed by atoms with Gasteiger partial charge in [0.25, 0.3) is 5.91 Å². The maximum absolute atomic E-state index is 13.1. The fourth-order valence-electron chi connectivity index (χ4n) is 3.11. The number of thiazole rings is 1. The van der Waals surface area contributed by atoms with E-state index in [1.165, 1.54) is 22.7 Å². The molecule has 0 radical (unpaired) electrons. The molecule has 0 spiro atoms. The Hall–Kier alpha value is -3.49. The molecule has 0 aliphatic heterocycles. The quantitative estimate of drug-likeness (QED) is 0.391. The molecule has 0 saturated heterocycles. The van der Waals surface area contributed by atoms with Crippen LogP contribution in [0.15, 0.2) is 77.5 Å². The number of thiophene rings is 1. The highest BCUT2D eigenvalue weighted by molar-refractivity contribution is 7.14. The van der Waals surface area contributed by atoms with E-state index in [4.69, 9.17) is 4.74 Å². The zero-order valence-electron chi connectivity index (χ0n) is 17.3. The lowest BCUT2D eigenvalue weighted by Crippen LogP contribution is -2.45. The third-order valence-corrected chi connectivity index (χ3v) is 6.40. The molecule has 2 N–H and O–H groups in total. The Kier molecular flexibility index (Phi) is 6.94. The second-order valence-electron chi connectivity index (χ2n) is 6.95. The van der Waals surface area contributed by atoms with E-state index in [0.717, 1.165) is 22.6 Å². The van der Waals surface area contributed by atoms with Gasteiger partial charge in [-0.2, -0.15) is 0 Å². The fraction of sp³-hybridized carbons (Fsp3) is 0.125. The Morgan fingerprint density at radius 2 is 1.78 bits per heavy atom. The molecule has 0 saturated carbocycles. The Bertz CT molecular complexity index is 1170. The molecule has 1 atom stereocenters. The van der Waals surface area contributed by atoms with Crippen molar-refractivity contribution in [2.45, 2.75) is 12.5 Å². The SMILES string of the molecule is COc1ccc(-c2csc(NC(=O)[C@H](Cc3ccccc3)NC(=O)c3cccs3)n2)cc1. The van der Waals surface area contributed by atoms with Crippen LogP contribution < -0.4 is 15.4 Å². The normalized spacial score (nSPS) is 11.5. The van der Waals surface area contributed by atoms with Gasteiger partial charge in [-0.05, 0) is 41.3 Å². The number of benzene rings is 2. The Balaban J connectivity index is 1.49. The second kappa shape index (κ2) is 10.2. The van der Waals surface area contributed by atoms with Crippen LogP contribution in [0.3, 0.4) is 0 Å². The molecule has 0 aliphatic rings. The number of nitrogens with one attached hydrogen (secondary N) is 2. The number of hydrogen-bond acceptors (Lipinski definition) is 6. The summed E-state index contributed by atoms with van der Waals surface area (Å²) in [5.74, 6) is 0.186. The highest BCUT2D eigenvalue weighted by Crippen LogP contribution is 2.26. The number of methoxy groups -OCH3 is 1. The minimum absolute atomic E-state index is 0.269. The first-order valence-electron chi connectivity index (χ1n) is 9.91. The van der Waals surface area contributed by atoms with Gasteiger partial charge in [-0.25, -0.2) is 4.98 Å². The number of nitrogens with zero attached hydrogens (tertiary/aromatic N) is 1. The van der Waals surface area contributed by atoms with Crippen LogP contribution in [-0.2, 0) is 11.2 Å². The molecule has 8 heteroatoms. The molecule has 0 aliphatic carbocycles. The number of rotatable bonds is 8. The van der Waals surface area contributed by atoms with E-state index in [-0.39, 0.29) is 11.8 Å². The van der Waals surface area contributed by atoms with Gasteiger partial charge in [-0.3, -0.25) is 9.59 Å². The van der Waals surface area contributed by atoms with Crippen molar-refractivity contribution in [1.29, 1.82) is 0 Å². The van der Waals surface area contributed by atoms with Gasteiger partial charge in [0.1, 0.15) is 11.8 Å². The molecule has 6 nitrogen and oxygen atoms in total. The van der Waals surface area contributed by atoms with Crippen LogP contribution in [0.2, 0.25) is 0 Å². The lowest BCUT2D eigenvalue weighted by atomic mass is 10.1. The largest absolute Gasteiger partial charge is 0.497 e. The first-order chi connectivity index (χ1) is 15.6. The highest BCUT2D eigenvalue weighted by Gasteiger charge is 2.23. The number of carbonyl (C=O) groups is 2. The number of hydrogen-bond donors (Lipinski definition) is 2. The molecule has 2 heterocycles. The first-order valence-corrected chi connectivity index (χ1v) is 11.7. The molecule has 0 unspecified atom stereocenters. The van der Waals surface area contributed by atoms with Crippen molar-refractivity contribution < 1.29 is 14.3 Å². The maximum atomic E-state index is 13.1. The second-order valence-corrected chi connectivity index (χ2v) is 8.75. The third kappa shape index (κ3) is 5.40. The lowest BCUT2D eigenvalue weighted by molar-refractivity contribution is -0.118. The Labute approximate surface area is 193 Å². The van der Waals surface area contributed by atoms with E-state index in [9.17, 15) is 9.59 Å². The van der Waals surface area contributed by atoms with E-state index in [1.54, 1.807) is 13.2 Å². The minimum atomic E-state index is -0.736. The van der Waals surface area contributed by atoms with Crippen LogP contribution in [0.1, 0.15) is 15.2 Å². The minimum Gasteiger partial charge on any atom is -0.497 e. The van der Waals surface area contributed by atoms with Gasteiger partial charge in [0.2, 0.25) is 5.91 Å². The monoisotopic (exact) mass is 463 g/mol. The molecular weight excluding hydrogens is 442 g/mol. The smallest absolute Gasteiger partial charge is 0.262 e. The van der Waals surface area contributed by atoms with E-state index in [0.29, 0.717) is 16.4 Å². The van der Waals surface area contributed by atoms with Crippen molar-refractivity contribution in [3.8, 4) is 17.0 Å². The highest BCUT2D eigenvalue weighted by atomic mass is 32.1. The standard InChI is InChI=1S/C24H21N3O3S2/c1-30-18-11-9-17(10-12-18)20-15-32-24(26-20)27-22(28)19(14-16-6-3-2-4-7-16)25-23(29)21-8-5-13-31-21/h2-13,15,19H,14H2,1H3,(H,25,29)(H,26,27,28)/t19-/m0/s1. The Morgan fingerprint density at radius 3 is 2.47 bits per heavy atom. The van der Waals surface area contributed by atoms with Gasteiger partial charge in [-0.15, -0.1) is 22.7 Å². The third-order valence-electron chi connectivity index (χ3n) is 4.77. The van der Waals surface area contributed by atoms with Crippen molar-refractivity contribution in [1.82, 2.24) is 10.3 Å². The van der Waals surface area contributed by atoms with Crippen LogP contribution >= 0.6 is 22.7 Å². The zero-order chi connectivity index (χ0) is 22.3. The van der Waals surface area contributed by atoms with Crippen molar-refractivity contribution in [2.24, 2.45) is 0 Å². The van der Waals surface area contributed by atoms with Crippen molar-refractivity contribution in [3.05, 3.63) is 87.9 Å². The average Bonchev–Trinajstić information content (AvgIpc) is 3.52. The average molecular weight is 464 g/mol. The summed E-state index contributed by atoms with van der Waals surface area (Å²) in [5.41, 5.74) is 2.64. The summed E-state index contributed by atoms with van der Waals surface area (Å²) < 4.78 is 5.19. The lowest BCUT2D eigenvalue weighted by Gasteiger charge is -2.17. The summed E-state index contributed by atoms with van der Waals surface area (Å²) in [7, 11) is 1.62. The zero-order valence-corrected chi connectivity index (χ0v) is 18.9. The van der Waals surface area contributed by atoms with Gasteiger partial charge < -0.3 is 15.4 Å². The molecule has 32 heavy (non-hydrogen) atoms. The van der Waals surface area contributed by atoms with Crippen LogP contribution in [0.5, 0.6) is 5.75 Å². The summed E-state index contributed by atoms with van der Waals surface area (Å²) in [6, 6.07) is 20.0. The van der Waals surface area contributed by atoms with Crippen molar-refractivity contribution >= 4 is 39.6 Å². The predicted molar refractivity (Wildman–Crippen MR) is 128 cm³/mol. The van der Waals surface area contributed by atoms with Gasteiger partial charge in [-0.1, -0.05) is 36.4 Å². The van der Waals surface area contributed by atoms with E-state index >= 15 is 0 Å². The number of anilines is 1. The van der Waals surface area contributed by atoms with Crippen molar-refractivity contribution in [2.75, 3.05) is 12.4 Å². The number of ether oxygens (including phenoxy) is 1. The first kappa shape index (κ1) is 21.7. The molecule has 4 rings (SSSR count). The van der Waals surface area contributed by atoms with Crippen molar-refractivity contribution in [3.63, 3.8) is 0 Å². The summed E-state index contributed by atoms with van der Waals surface area (Å²) >= 11 is 2.67. The van der Waals surface area contributed by atoms with E-state index in [2.05, 4.69) is 15.6 Å². The van der Waals surface area contributed by atoms with Crippen LogP contribution in [0.4, 0.5) is 5.13 Å². The molecule has 2 amide bonds. The van der Waals surface area contributed by atoms with Gasteiger partial charge >= 0.3 is 0 Å². The molecule has 2 aromatic carbocycles. The van der Waals surface area contributed by atoms with Gasteiger partial charge in [0, 0.05) is 17.4 Å². The molecule has 0 bridgehead atoms. The summed E-state index contributed by atoms with van der Waals surface area (Å²) in [5, 5.41) is 9.91. The summed E-state index contributed by atoms with van der Waals surface area (Å²) in [6.07, 6.45) is 0.375. The molecular formula is C24H21N3O3S2. The van der Waals surface area contributed by atoms with Gasteiger partial charge in [0.05, 0.1) is 17.7 Å². The summed E-state index contributed by atoms with van der Waals surface area (Å²) in [6.45, 7) is 0. The summed E-state index contributed by atoms with van der Waals surface area (Å²) in [4.78, 5) is 30.8. The molecule has 162 valence electrons. The fourth-order valence-corrected chi connectivity index (χ4v) is 4.46. The predicted octanol–water partition coefficient (Wildman–Crippen LogP) is 4.86. The van der Waals surface area contributed by atoms with Crippen LogP contribution in [0, 0.1) is 0 Å². The Morgan fingerprint density at radius 1 is 1.00 bits per heavy atom. The topological polar surface area (TPSA) is 80.3 Å².